The van der Waals surface area contributed by atoms with Gasteiger partial charge in [0.1, 0.15) is 5.75 Å². The van der Waals surface area contributed by atoms with Gasteiger partial charge in [-0.3, -0.25) is 9.67 Å². The average molecular weight is 525 g/mol. The molecule has 1 aromatic heterocycles. The highest BCUT2D eigenvalue weighted by molar-refractivity contribution is 14.0. The highest BCUT2D eigenvalue weighted by atomic mass is 127. The Labute approximate surface area is 185 Å². The number of hydrogen-bond acceptors (Lipinski definition) is 3. The Balaban J connectivity index is 0.00000420. The Bertz CT molecular complexity index is 792. The van der Waals surface area contributed by atoms with Gasteiger partial charge in [0, 0.05) is 38.4 Å². The number of nitrogens with zero attached hydrogens (tertiary/aromatic N) is 3. The van der Waals surface area contributed by atoms with Crippen LogP contribution in [0.3, 0.4) is 0 Å². The van der Waals surface area contributed by atoms with Crippen molar-refractivity contribution in [2.24, 2.45) is 4.99 Å². The Hall–Kier alpha value is -1.98. The van der Waals surface area contributed by atoms with Crippen LogP contribution in [0.15, 0.2) is 35.6 Å². The van der Waals surface area contributed by atoms with E-state index in [0.29, 0.717) is 24.6 Å². The minimum atomic E-state index is -4.38. The molecule has 0 aliphatic rings. The third-order valence-electron chi connectivity index (χ3n) is 3.90. The number of guanidine groups is 1. The number of alkyl halides is 3. The molecule has 0 aliphatic heterocycles. The first-order valence-corrected chi connectivity index (χ1v) is 8.99. The van der Waals surface area contributed by atoms with Crippen LogP contribution in [0, 0.1) is 13.8 Å². The second kappa shape index (κ2) is 11.9. The molecule has 6 nitrogen and oxygen atoms in total. The highest BCUT2D eigenvalue weighted by Crippen LogP contribution is 2.23. The summed E-state index contributed by atoms with van der Waals surface area (Å²) in [5.74, 6) is 0.785. The van der Waals surface area contributed by atoms with E-state index in [4.69, 9.17) is 4.74 Å². The SMILES string of the molecule is CN=C(NCCCn1cc(C)cn1)NCc1ccc(C)cc1OCC(F)(F)F.I. The maximum atomic E-state index is 12.5. The normalized spacial score (nSPS) is 11.7. The van der Waals surface area contributed by atoms with Gasteiger partial charge in [-0.25, -0.2) is 0 Å². The number of nitrogens with one attached hydrogen (secondary N) is 2. The largest absolute Gasteiger partial charge is 0.484 e. The van der Waals surface area contributed by atoms with Crippen molar-refractivity contribution in [1.82, 2.24) is 20.4 Å². The molecule has 0 aliphatic carbocycles. The number of aromatic nitrogens is 2. The van der Waals surface area contributed by atoms with Gasteiger partial charge < -0.3 is 15.4 Å². The molecule has 1 aromatic carbocycles. The summed E-state index contributed by atoms with van der Waals surface area (Å²) in [5.41, 5.74) is 2.58. The molecule has 2 aromatic rings. The van der Waals surface area contributed by atoms with Crippen molar-refractivity contribution in [3.63, 3.8) is 0 Å². The van der Waals surface area contributed by atoms with Gasteiger partial charge in [-0.2, -0.15) is 18.3 Å². The smallest absolute Gasteiger partial charge is 0.422 e. The zero-order valence-corrected chi connectivity index (χ0v) is 19.0. The van der Waals surface area contributed by atoms with Crippen molar-refractivity contribution >= 4 is 29.9 Å². The number of aryl methyl sites for hydroxylation is 3. The van der Waals surface area contributed by atoms with Crippen LogP contribution in [-0.4, -0.2) is 42.1 Å². The number of rotatable bonds is 8. The van der Waals surface area contributed by atoms with Gasteiger partial charge in [0.15, 0.2) is 12.6 Å². The van der Waals surface area contributed by atoms with Crippen molar-refractivity contribution in [2.45, 2.75) is 39.5 Å². The first-order valence-electron chi connectivity index (χ1n) is 8.99. The Morgan fingerprint density at radius 2 is 1.97 bits per heavy atom. The third-order valence-corrected chi connectivity index (χ3v) is 3.90. The Morgan fingerprint density at radius 3 is 2.59 bits per heavy atom. The van der Waals surface area contributed by atoms with E-state index in [1.165, 1.54) is 0 Å². The number of hydrogen-bond donors (Lipinski definition) is 2. The molecule has 29 heavy (non-hydrogen) atoms. The van der Waals surface area contributed by atoms with Gasteiger partial charge in [-0.1, -0.05) is 12.1 Å². The highest BCUT2D eigenvalue weighted by Gasteiger charge is 2.28. The minimum Gasteiger partial charge on any atom is -0.484 e. The molecular weight excluding hydrogens is 498 g/mol. The van der Waals surface area contributed by atoms with E-state index in [2.05, 4.69) is 20.7 Å². The fourth-order valence-corrected chi connectivity index (χ4v) is 2.54. The van der Waals surface area contributed by atoms with Crippen molar-refractivity contribution in [2.75, 3.05) is 20.2 Å². The van der Waals surface area contributed by atoms with Crippen LogP contribution >= 0.6 is 24.0 Å². The average Bonchev–Trinajstić information content (AvgIpc) is 3.05. The van der Waals surface area contributed by atoms with Crippen LogP contribution in [0.2, 0.25) is 0 Å². The summed E-state index contributed by atoms with van der Waals surface area (Å²) in [4.78, 5) is 4.14. The van der Waals surface area contributed by atoms with E-state index in [-0.39, 0.29) is 29.7 Å². The summed E-state index contributed by atoms with van der Waals surface area (Å²) in [6.45, 7) is 4.24. The summed E-state index contributed by atoms with van der Waals surface area (Å²) >= 11 is 0. The van der Waals surface area contributed by atoms with Crippen LogP contribution in [0.5, 0.6) is 5.75 Å². The van der Waals surface area contributed by atoms with Crippen molar-refractivity contribution in [3.8, 4) is 5.75 Å². The quantitative estimate of drug-likeness (QED) is 0.238. The first-order chi connectivity index (χ1) is 13.3. The minimum absolute atomic E-state index is 0. The first kappa shape index (κ1) is 25.1. The second-order valence-electron chi connectivity index (χ2n) is 6.50. The van der Waals surface area contributed by atoms with E-state index in [0.717, 1.165) is 24.1 Å². The second-order valence-corrected chi connectivity index (χ2v) is 6.50. The zero-order valence-electron chi connectivity index (χ0n) is 16.7. The Morgan fingerprint density at radius 1 is 1.21 bits per heavy atom. The molecule has 0 saturated carbocycles. The molecule has 0 atom stereocenters. The van der Waals surface area contributed by atoms with Crippen LogP contribution in [0.4, 0.5) is 13.2 Å². The molecule has 0 fully saturated rings. The molecule has 2 N–H and O–H groups in total. The summed E-state index contributed by atoms with van der Waals surface area (Å²) < 4.78 is 44.2. The fourth-order valence-electron chi connectivity index (χ4n) is 2.54. The van der Waals surface area contributed by atoms with Crippen LogP contribution < -0.4 is 15.4 Å². The molecule has 0 unspecified atom stereocenters. The monoisotopic (exact) mass is 525 g/mol. The molecule has 1 heterocycles. The molecule has 0 bridgehead atoms. The number of halogens is 4. The van der Waals surface area contributed by atoms with Crippen LogP contribution in [-0.2, 0) is 13.1 Å². The molecule has 0 radical (unpaired) electrons. The maximum absolute atomic E-state index is 12.5. The van der Waals surface area contributed by atoms with Crippen molar-refractivity contribution in [3.05, 3.63) is 47.3 Å². The number of aliphatic imine (C=N–C) groups is 1. The fraction of sp³-hybridized carbons (Fsp3) is 0.474. The lowest BCUT2D eigenvalue weighted by Crippen LogP contribution is -2.37. The van der Waals surface area contributed by atoms with Crippen LogP contribution in [0.25, 0.3) is 0 Å². The van der Waals surface area contributed by atoms with E-state index >= 15 is 0 Å². The standard InChI is InChI=1S/C19H26F3N5O.HI/c1-14-5-6-16(17(9-14)28-13-19(20,21)22)11-25-18(23-3)24-7-4-8-27-12-15(2)10-26-27;/h5-6,9-10,12H,4,7-8,11,13H2,1-3H3,(H2,23,24,25);1H. The van der Waals surface area contributed by atoms with E-state index in [1.807, 2.05) is 30.1 Å². The third kappa shape index (κ3) is 9.37. The lowest BCUT2D eigenvalue weighted by Gasteiger charge is -2.16. The topological polar surface area (TPSA) is 63.5 Å². The summed E-state index contributed by atoms with van der Waals surface area (Å²) in [7, 11) is 1.64. The van der Waals surface area contributed by atoms with Crippen molar-refractivity contribution in [1.29, 1.82) is 0 Å². The summed E-state index contributed by atoms with van der Waals surface area (Å²) in [5, 5.41) is 10.5. The lowest BCUT2D eigenvalue weighted by atomic mass is 10.1. The lowest BCUT2D eigenvalue weighted by molar-refractivity contribution is -0.153. The molecular formula is C19H27F3IN5O. The van der Waals surface area contributed by atoms with E-state index in [1.54, 1.807) is 26.1 Å². The van der Waals surface area contributed by atoms with Gasteiger partial charge in [0.25, 0.3) is 0 Å². The van der Waals surface area contributed by atoms with Crippen molar-refractivity contribution < 1.29 is 17.9 Å². The molecule has 162 valence electrons. The molecule has 10 heteroatoms. The van der Waals surface area contributed by atoms with Gasteiger partial charge >= 0.3 is 6.18 Å². The van der Waals surface area contributed by atoms with E-state index < -0.39 is 12.8 Å². The summed E-state index contributed by atoms with van der Waals surface area (Å²) in [6.07, 6.45) is 0.270. The number of benzene rings is 1. The molecule has 0 spiro atoms. The summed E-state index contributed by atoms with van der Waals surface area (Å²) in [6, 6.07) is 5.19. The molecule has 2 rings (SSSR count). The van der Waals surface area contributed by atoms with Gasteiger partial charge in [-0.15, -0.1) is 24.0 Å². The maximum Gasteiger partial charge on any atom is 0.422 e. The molecule has 0 amide bonds. The van der Waals surface area contributed by atoms with Crippen LogP contribution in [0.1, 0.15) is 23.1 Å². The van der Waals surface area contributed by atoms with E-state index in [9.17, 15) is 13.2 Å². The number of ether oxygens (including phenoxy) is 1. The zero-order chi connectivity index (χ0) is 20.6. The predicted molar refractivity (Wildman–Crippen MR) is 118 cm³/mol. The Kier molecular flexibility index (Phi) is 10.3. The van der Waals surface area contributed by atoms with Gasteiger partial charge in [0.05, 0.1) is 6.20 Å². The van der Waals surface area contributed by atoms with Gasteiger partial charge in [0.2, 0.25) is 0 Å². The molecule has 0 saturated heterocycles. The predicted octanol–water partition coefficient (Wildman–Crippen LogP) is 3.81. The van der Waals surface area contributed by atoms with Gasteiger partial charge in [-0.05, 0) is 37.5 Å².